The van der Waals surface area contributed by atoms with Crippen LogP contribution in [0.2, 0.25) is 0 Å². The summed E-state index contributed by atoms with van der Waals surface area (Å²) < 4.78 is 56.6. The number of rotatable bonds is 6. The minimum atomic E-state index is -5.29. The van der Waals surface area contributed by atoms with Crippen LogP contribution in [0.4, 0.5) is 17.3 Å². The quantitative estimate of drug-likeness (QED) is 0.446. The molecule has 2 rings (SSSR count). The smallest absolute Gasteiger partial charge is 0.497 e. The van der Waals surface area contributed by atoms with Crippen molar-refractivity contribution in [1.29, 1.82) is 0 Å². The molecular weight excluding hydrogens is 283 g/mol. The summed E-state index contributed by atoms with van der Waals surface area (Å²) in [7, 11) is 0. The zero-order chi connectivity index (χ0) is 15.3. The SMILES string of the molecule is Fc1ccc(OCCCc2ccccc2)c([B-](F)(F)F)c1. The number of hydrogen-bond donors (Lipinski definition) is 0. The zero-order valence-electron chi connectivity index (χ0n) is 11.2. The molecule has 1 nitrogen and oxygen atoms in total. The summed E-state index contributed by atoms with van der Waals surface area (Å²) in [5.41, 5.74) is 0.0789. The maximum Gasteiger partial charge on any atom is 0.513 e. The molecule has 0 radical (unpaired) electrons. The number of hydrogen-bond acceptors (Lipinski definition) is 1. The third-order valence-electron chi connectivity index (χ3n) is 3.03. The Balaban J connectivity index is 1.94. The molecule has 0 bridgehead atoms. The largest absolute Gasteiger partial charge is 0.513 e. The molecule has 21 heavy (non-hydrogen) atoms. The first kappa shape index (κ1) is 15.4. The van der Waals surface area contributed by atoms with Crippen LogP contribution in [0, 0.1) is 5.82 Å². The molecule has 0 atom stereocenters. The third-order valence-corrected chi connectivity index (χ3v) is 3.03. The Morgan fingerprint density at radius 3 is 2.33 bits per heavy atom. The van der Waals surface area contributed by atoms with Crippen molar-refractivity contribution in [2.75, 3.05) is 6.61 Å². The summed E-state index contributed by atoms with van der Waals surface area (Å²) in [5.74, 6) is -1.22. The van der Waals surface area contributed by atoms with Gasteiger partial charge in [-0.25, -0.2) is 4.39 Å². The molecule has 0 aliphatic rings. The predicted octanol–water partition coefficient (Wildman–Crippen LogP) is 3.89. The molecule has 0 fully saturated rings. The van der Waals surface area contributed by atoms with Crippen molar-refractivity contribution in [3.8, 4) is 5.75 Å². The van der Waals surface area contributed by atoms with E-state index < -0.39 is 18.3 Å². The Morgan fingerprint density at radius 1 is 0.952 bits per heavy atom. The lowest BCUT2D eigenvalue weighted by atomic mass is 9.79. The molecule has 0 aromatic heterocycles. The van der Waals surface area contributed by atoms with Gasteiger partial charge in [0, 0.05) is 0 Å². The summed E-state index contributed by atoms with van der Waals surface area (Å²) >= 11 is 0. The van der Waals surface area contributed by atoms with Crippen molar-refractivity contribution in [3.05, 3.63) is 59.9 Å². The maximum atomic E-state index is 12.9. The van der Waals surface area contributed by atoms with Gasteiger partial charge in [-0.3, -0.25) is 0 Å². The number of halogens is 4. The molecule has 0 heterocycles. The molecule has 6 heteroatoms. The molecule has 0 saturated heterocycles. The van der Waals surface area contributed by atoms with E-state index in [2.05, 4.69) is 0 Å². The summed E-state index contributed by atoms with van der Waals surface area (Å²) in [6.45, 7) is -5.14. The first-order valence-electron chi connectivity index (χ1n) is 6.63. The second-order valence-electron chi connectivity index (χ2n) is 4.69. The van der Waals surface area contributed by atoms with Crippen LogP contribution < -0.4 is 10.2 Å². The van der Waals surface area contributed by atoms with Crippen LogP contribution in [-0.2, 0) is 6.42 Å². The standard InChI is InChI=1S/C15H14BF4O/c17-13-8-9-15(14(11-13)16(18,19)20)21-10-4-7-12-5-2-1-3-6-12/h1-3,5-6,8-9,11H,4,7,10H2/q-1. The molecule has 0 spiro atoms. The van der Waals surface area contributed by atoms with Gasteiger partial charge in [0.25, 0.3) is 0 Å². The molecule has 0 saturated carbocycles. The van der Waals surface area contributed by atoms with Gasteiger partial charge in [-0.1, -0.05) is 35.8 Å². The maximum absolute atomic E-state index is 12.9. The average Bonchev–Trinajstić information content (AvgIpc) is 2.45. The monoisotopic (exact) mass is 297 g/mol. The van der Waals surface area contributed by atoms with Crippen molar-refractivity contribution in [2.45, 2.75) is 12.8 Å². The van der Waals surface area contributed by atoms with Gasteiger partial charge in [-0.2, -0.15) is 0 Å². The summed E-state index contributed by atoms with van der Waals surface area (Å²) in [4.78, 5) is 0. The Morgan fingerprint density at radius 2 is 1.67 bits per heavy atom. The fourth-order valence-electron chi connectivity index (χ4n) is 2.01. The van der Waals surface area contributed by atoms with E-state index in [1.807, 2.05) is 30.3 Å². The molecule has 2 aromatic rings. The topological polar surface area (TPSA) is 9.23 Å². The highest BCUT2D eigenvalue weighted by atomic mass is 19.4. The van der Waals surface area contributed by atoms with Crippen molar-refractivity contribution in [1.82, 2.24) is 0 Å². The molecule has 0 N–H and O–H groups in total. The van der Waals surface area contributed by atoms with Crippen LogP contribution in [0.1, 0.15) is 12.0 Å². The second kappa shape index (κ2) is 6.65. The highest BCUT2D eigenvalue weighted by molar-refractivity contribution is 6.74. The zero-order valence-corrected chi connectivity index (χ0v) is 11.2. The molecule has 0 amide bonds. The fourth-order valence-corrected chi connectivity index (χ4v) is 2.01. The van der Waals surface area contributed by atoms with Crippen LogP contribution in [0.15, 0.2) is 48.5 Å². The van der Waals surface area contributed by atoms with E-state index in [-0.39, 0.29) is 12.4 Å². The Bertz CT molecular complexity index is 584. The Labute approximate surface area is 120 Å². The minimum absolute atomic E-state index is 0.152. The van der Waals surface area contributed by atoms with Gasteiger partial charge < -0.3 is 17.7 Å². The van der Waals surface area contributed by atoms with Crippen LogP contribution >= 0.6 is 0 Å². The fraction of sp³-hybridized carbons (Fsp3) is 0.200. The highest BCUT2D eigenvalue weighted by Gasteiger charge is 2.29. The van der Waals surface area contributed by atoms with Crippen molar-refractivity contribution in [2.24, 2.45) is 0 Å². The minimum Gasteiger partial charge on any atom is -0.497 e. The first-order valence-corrected chi connectivity index (χ1v) is 6.63. The van der Waals surface area contributed by atoms with Gasteiger partial charge in [-0.15, -0.1) is 0 Å². The Kier molecular flexibility index (Phi) is 4.88. The van der Waals surface area contributed by atoms with E-state index in [1.54, 1.807) is 0 Å². The van der Waals surface area contributed by atoms with Crippen LogP contribution in [0.3, 0.4) is 0 Å². The molecule has 0 aliphatic carbocycles. The van der Waals surface area contributed by atoms with E-state index in [4.69, 9.17) is 4.74 Å². The summed E-state index contributed by atoms with van der Waals surface area (Å²) in [5, 5.41) is 0. The van der Waals surface area contributed by atoms with Gasteiger partial charge in [-0.05, 0) is 36.6 Å². The molecule has 0 aliphatic heterocycles. The summed E-state index contributed by atoms with van der Waals surface area (Å²) in [6, 6.07) is 12.1. The van der Waals surface area contributed by atoms with Crippen LogP contribution in [0.25, 0.3) is 0 Å². The highest BCUT2D eigenvalue weighted by Crippen LogP contribution is 2.19. The molecule has 112 valence electrons. The predicted molar refractivity (Wildman–Crippen MR) is 75.4 cm³/mol. The first-order chi connectivity index (χ1) is 9.97. The lowest BCUT2D eigenvalue weighted by molar-refractivity contribution is 0.311. The van der Waals surface area contributed by atoms with Gasteiger partial charge in [0.15, 0.2) is 0 Å². The lowest BCUT2D eigenvalue weighted by Crippen LogP contribution is -2.35. The van der Waals surface area contributed by atoms with E-state index in [0.29, 0.717) is 18.9 Å². The van der Waals surface area contributed by atoms with Crippen LogP contribution in [0.5, 0.6) is 5.75 Å². The molecule has 2 aromatic carbocycles. The van der Waals surface area contributed by atoms with Gasteiger partial charge >= 0.3 is 6.98 Å². The van der Waals surface area contributed by atoms with Gasteiger partial charge in [0.05, 0.1) is 12.4 Å². The van der Waals surface area contributed by atoms with Crippen molar-refractivity contribution >= 4 is 12.4 Å². The van der Waals surface area contributed by atoms with E-state index in [9.17, 15) is 17.3 Å². The van der Waals surface area contributed by atoms with E-state index in [0.717, 1.165) is 17.7 Å². The van der Waals surface area contributed by atoms with Crippen molar-refractivity contribution < 1.29 is 22.1 Å². The number of ether oxygens (including phenoxy) is 1. The van der Waals surface area contributed by atoms with Crippen molar-refractivity contribution in [3.63, 3.8) is 0 Å². The number of aryl methyl sites for hydroxylation is 1. The summed E-state index contributed by atoms with van der Waals surface area (Å²) in [6.07, 6.45) is 1.31. The molecular formula is C15H14BF4O-. The number of benzene rings is 2. The van der Waals surface area contributed by atoms with E-state index in [1.165, 1.54) is 0 Å². The normalized spacial score (nSPS) is 11.4. The third kappa shape index (κ3) is 4.51. The van der Waals surface area contributed by atoms with E-state index >= 15 is 0 Å². The van der Waals surface area contributed by atoms with Gasteiger partial charge in [0.2, 0.25) is 0 Å². The van der Waals surface area contributed by atoms with Crippen LogP contribution in [-0.4, -0.2) is 13.6 Å². The average molecular weight is 297 g/mol. The van der Waals surface area contributed by atoms with Gasteiger partial charge in [0.1, 0.15) is 5.82 Å². The molecule has 0 unspecified atom stereocenters. The Hall–Kier alpha value is -1.98. The lowest BCUT2D eigenvalue weighted by Gasteiger charge is -2.19. The second-order valence-corrected chi connectivity index (χ2v) is 4.69.